The number of carbonyl (C=O) groups excluding carboxylic acids is 1. The second-order valence-electron chi connectivity index (χ2n) is 6.42. The van der Waals surface area contributed by atoms with Gasteiger partial charge in [-0.1, -0.05) is 24.3 Å². The first-order valence-corrected chi connectivity index (χ1v) is 8.32. The van der Waals surface area contributed by atoms with Crippen LogP contribution in [0.15, 0.2) is 48.5 Å². The summed E-state index contributed by atoms with van der Waals surface area (Å²) in [7, 11) is 3.29. The molecule has 2 aromatic carbocycles. The molecule has 0 spiro atoms. The summed E-state index contributed by atoms with van der Waals surface area (Å²) >= 11 is 0. The van der Waals surface area contributed by atoms with Gasteiger partial charge in [0.2, 0.25) is 5.91 Å². The van der Waals surface area contributed by atoms with Gasteiger partial charge >= 0.3 is 0 Å². The van der Waals surface area contributed by atoms with Crippen molar-refractivity contribution in [2.75, 3.05) is 20.8 Å². The number of carbonyl (C=O) groups is 1. The first-order chi connectivity index (χ1) is 12.0. The minimum Gasteiger partial charge on any atom is -0.497 e. The SMILES string of the molecule is COc1ccc(C(CO)N(C)C(=O)C2CC2c2cccc(F)c2)cc1. The number of hydrogen-bond acceptors (Lipinski definition) is 3. The zero-order chi connectivity index (χ0) is 18.0. The second-order valence-corrected chi connectivity index (χ2v) is 6.42. The van der Waals surface area contributed by atoms with Crippen LogP contribution >= 0.6 is 0 Å². The van der Waals surface area contributed by atoms with Crippen LogP contribution < -0.4 is 4.74 Å². The zero-order valence-corrected chi connectivity index (χ0v) is 14.4. The third-order valence-corrected chi connectivity index (χ3v) is 4.87. The Morgan fingerprint density at radius 1 is 1.32 bits per heavy atom. The molecule has 2 aromatic rings. The van der Waals surface area contributed by atoms with Gasteiger partial charge in [0.25, 0.3) is 0 Å². The van der Waals surface area contributed by atoms with E-state index < -0.39 is 6.04 Å². The lowest BCUT2D eigenvalue weighted by molar-refractivity contribution is -0.134. The average molecular weight is 343 g/mol. The van der Waals surface area contributed by atoms with E-state index >= 15 is 0 Å². The molecule has 1 N–H and O–H groups in total. The monoisotopic (exact) mass is 343 g/mol. The van der Waals surface area contributed by atoms with Gasteiger partial charge in [-0.3, -0.25) is 4.79 Å². The molecule has 0 heterocycles. The molecule has 0 bridgehead atoms. The molecule has 1 fully saturated rings. The number of aliphatic hydroxyl groups excluding tert-OH is 1. The number of methoxy groups -OCH3 is 1. The smallest absolute Gasteiger partial charge is 0.226 e. The Kier molecular flexibility index (Phi) is 5.04. The van der Waals surface area contributed by atoms with Gasteiger partial charge in [0.05, 0.1) is 19.8 Å². The second kappa shape index (κ2) is 7.23. The molecule has 1 amide bonds. The summed E-state index contributed by atoms with van der Waals surface area (Å²) in [4.78, 5) is 14.4. The Labute approximate surface area is 146 Å². The van der Waals surface area contributed by atoms with E-state index in [9.17, 15) is 14.3 Å². The Balaban J connectivity index is 1.70. The molecule has 0 aliphatic heterocycles. The summed E-state index contributed by atoms with van der Waals surface area (Å²) in [6.45, 7) is -0.161. The summed E-state index contributed by atoms with van der Waals surface area (Å²) in [5.74, 6) is 0.322. The molecule has 3 atom stereocenters. The van der Waals surface area contributed by atoms with Crippen molar-refractivity contribution in [3.05, 3.63) is 65.5 Å². The number of likely N-dealkylation sites (N-methyl/N-ethyl adjacent to an activating group) is 1. The Morgan fingerprint density at radius 3 is 2.64 bits per heavy atom. The summed E-state index contributed by atoms with van der Waals surface area (Å²) in [5.41, 5.74) is 1.71. The van der Waals surface area contributed by atoms with Crippen LogP contribution in [0.3, 0.4) is 0 Å². The molecule has 1 aliphatic rings. The number of rotatable bonds is 6. The number of halogens is 1. The van der Waals surface area contributed by atoms with Crippen LogP contribution in [-0.2, 0) is 4.79 Å². The highest BCUT2D eigenvalue weighted by Crippen LogP contribution is 2.49. The van der Waals surface area contributed by atoms with E-state index in [-0.39, 0.29) is 30.2 Å². The highest BCUT2D eigenvalue weighted by Gasteiger charge is 2.46. The van der Waals surface area contributed by atoms with Crippen LogP contribution in [0.25, 0.3) is 0 Å². The molecule has 1 saturated carbocycles. The topological polar surface area (TPSA) is 49.8 Å². The van der Waals surface area contributed by atoms with Gasteiger partial charge in [-0.25, -0.2) is 4.39 Å². The zero-order valence-electron chi connectivity index (χ0n) is 14.4. The number of benzene rings is 2. The maximum absolute atomic E-state index is 13.4. The molecule has 1 aliphatic carbocycles. The van der Waals surface area contributed by atoms with Crippen molar-refractivity contribution >= 4 is 5.91 Å². The van der Waals surface area contributed by atoms with Gasteiger partial charge < -0.3 is 14.7 Å². The summed E-state index contributed by atoms with van der Waals surface area (Å²) < 4.78 is 18.5. The minimum atomic E-state index is -0.410. The van der Waals surface area contributed by atoms with Gasteiger partial charge in [-0.2, -0.15) is 0 Å². The predicted molar refractivity (Wildman–Crippen MR) is 92.8 cm³/mol. The van der Waals surface area contributed by atoms with Crippen molar-refractivity contribution < 1.29 is 19.0 Å². The fraction of sp³-hybridized carbons (Fsp3) is 0.350. The molecular weight excluding hydrogens is 321 g/mol. The lowest BCUT2D eigenvalue weighted by Gasteiger charge is -2.27. The number of nitrogens with zero attached hydrogens (tertiary/aromatic N) is 1. The van der Waals surface area contributed by atoms with E-state index in [4.69, 9.17) is 4.74 Å². The maximum atomic E-state index is 13.4. The number of amides is 1. The highest BCUT2D eigenvalue weighted by molar-refractivity contribution is 5.83. The van der Waals surface area contributed by atoms with Crippen LogP contribution in [0, 0.1) is 11.7 Å². The van der Waals surface area contributed by atoms with Crippen LogP contribution in [0.2, 0.25) is 0 Å². The van der Waals surface area contributed by atoms with E-state index in [2.05, 4.69) is 0 Å². The fourth-order valence-corrected chi connectivity index (χ4v) is 3.27. The summed E-state index contributed by atoms with van der Waals surface area (Å²) in [5, 5.41) is 9.77. The number of aliphatic hydroxyl groups is 1. The molecule has 0 saturated heterocycles. The molecule has 25 heavy (non-hydrogen) atoms. The number of ether oxygens (including phenoxy) is 1. The van der Waals surface area contributed by atoms with Gasteiger partial charge in [0, 0.05) is 13.0 Å². The van der Waals surface area contributed by atoms with Crippen molar-refractivity contribution in [1.29, 1.82) is 0 Å². The lowest BCUT2D eigenvalue weighted by Crippen LogP contribution is -2.34. The third kappa shape index (κ3) is 3.66. The maximum Gasteiger partial charge on any atom is 0.226 e. The van der Waals surface area contributed by atoms with Crippen LogP contribution in [-0.4, -0.2) is 36.7 Å². The first kappa shape index (κ1) is 17.4. The Bertz CT molecular complexity index is 747. The molecule has 0 aromatic heterocycles. The fourth-order valence-electron chi connectivity index (χ4n) is 3.27. The van der Waals surface area contributed by atoms with E-state index in [0.29, 0.717) is 6.42 Å². The highest BCUT2D eigenvalue weighted by atomic mass is 19.1. The van der Waals surface area contributed by atoms with Crippen molar-refractivity contribution in [1.82, 2.24) is 4.90 Å². The van der Waals surface area contributed by atoms with Gasteiger partial charge in [0.1, 0.15) is 11.6 Å². The van der Waals surface area contributed by atoms with Crippen molar-refractivity contribution in [3.63, 3.8) is 0 Å². The lowest BCUT2D eigenvalue weighted by atomic mass is 10.0. The molecule has 132 valence electrons. The largest absolute Gasteiger partial charge is 0.497 e. The molecule has 5 heteroatoms. The van der Waals surface area contributed by atoms with Gasteiger partial charge in [-0.05, 0) is 47.7 Å². The van der Waals surface area contributed by atoms with Crippen LogP contribution in [0.1, 0.15) is 29.5 Å². The summed E-state index contributed by atoms with van der Waals surface area (Å²) in [6, 6.07) is 13.3. The van der Waals surface area contributed by atoms with E-state index in [0.717, 1.165) is 16.9 Å². The van der Waals surface area contributed by atoms with Crippen LogP contribution in [0.5, 0.6) is 5.75 Å². The van der Waals surface area contributed by atoms with Crippen molar-refractivity contribution in [2.45, 2.75) is 18.4 Å². The molecule has 3 unspecified atom stereocenters. The normalized spacial score (nSPS) is 20.0. The third-order valence-electron chi connectivity index (χ3n) is 4.87. The van der Waals surface area contributed by atoms with Gasteiger partial charge in [-0.15, -0.1) is 0 Å². The van der Waals surface area contributed by atoms with E-state index in [1.165, 1.54) is 12.1 Å². The van der Waals surface area contributed by atoms with E-state index in [1.54, 1.807) is 25.1 Å². The summed E-state index contributed by atoms with van der Waals surface area (Å²) in [6.07, 6.45) is 0.716. The standard InChI is InChI=1S/C20H22FNO3/c1-22(19(12-23)13-6-8-16(25-2)9-7-13)20(24)18-11-17(18)14-4-3-5-15(21)10-14/h3-10,17-19,23H,11-12H2,1-2H3. The van der Waals surface area contributed by atoms with Crippen molar-refractivity contribution in [2.24, 2.45) is 5.92 Å². The predicted octanol–water partition coefficient (Wildman–Crippen LogP) is 3.13. The molecular formula is C20H22FNO3. The molecule has 0 radical (unpaired) electrons. The van der Waals surface area contributed by atoms with E-state index in [1.807, 2.05) is 30.3 Å². The van der Waals surface area contributed by atoms with Crippen molar-refractivity contribution in [3.8, 4) is 5.75 Å². The molecule has 3 rings (SSSR count). The Morgan fingerprint density at radius 2 is 2.04 bits per heavy atom. The van der Waals surface area contributed by atoms with Gasteiger partial charge in [0.15, 0.2) is 0 Å². The average Bonchev–Trinajstić information content (AvgIpc) is 3.43. The van der Waals surface area contributed by atoms with Crippen LogP contribution in [0.4, 0.5) is 4.39 Å². The first-order valence-electron chi connectivity index (χ1n) is 8.32. The Hall–Kier alpha value is -2.40. The quantitative estimate of drug-likeness (QED) is 0.877. The number of hydrogen-bond donors (Lipinski definition) is 1. The molecule has 4 nitrogen and oxygen atoms in total. The minimum absolute atomic E-state index is 0.0240.